The Bertz CT molecular complexity index is 319. The zero-order valence-corrected chi connectivity index (χ0v) is 10.5. The highest BCUT2D eigenvalue weighted by Crippen LogP contribution is 2.13. The van der Waals surface area contributed by atoms with E-state index in [0.717, 1.165) is 36.9 Å². The molecule has 3 heteroatoms. The lowest BCUT2D eigenvalue weighted by molar-refractivity contribution is -0.119. The fraction of sp³-hybridized carbons (Fsp3) is 0.500. The van der Waals surface area contributed by atoms with Crippen molar-refractivity contribution in [2.45, 2.75) is 38.9 Å². The van der Waals surface area contributed by atoms with E-state index in [0.29, 0.717) is 6.61 Å². The van der Waals surface area contributed by atoms with Gasteiger partial charge in [-0.2, -0.15) is 0 Å². The van der Waals surface area contributed by atoms with Crippen LogP contribution in [0.25, 0.3) is 0 Å². The van der Waals surface area contributed by atoms with Crippen LogP contribution in [0.3, 0.4) is 0 Å². The van der Waals surface area contributed by atoms with Crippen LogP contribution in [0.4, 0.5) is 0 Å². The molecule has 0 aliphatic heterocycles. The minimum atomic E-state index is -0.281. The van der Waals surface area contributed by atoms with Crippen molar-refractivity contribution < 1.29 is 14.3 Å². The van der Waals surface area contributed by atoms with Gasteiger partial charge in [0.25, 0.3) is 0 Å². The van der Waals surface area contributed by atoms with Gasteiger partial charge in [-0.15, -0.1) is 0 Å². The lowest BCUT2D eigenvalue weighted by atomic mass is 10.2. The van der Waals surface area contributed by atoms with Crippen molar-refractivity contribution in [3.63, 3.8) is 0 Å². The third-order valence-electron chi connectivity index (χ3n) is 2.62. The molecule has 0 aliphatic rings. The van der Waals surface area contributed by atoms with E-state index in [-0.39, 0.29) is 6.10 Å². The molecule has 0 saturated heterocycles. The number of carbonyl (C=O) groups excluding carboxylic acids is 1. The molecule has 0 radical (unpaired) electrons. The maximum absolute atomic E-state index is 10.8. The smallest absolute Gasteiger partial charge is 0.148 e. The van der Waals surface area contributed by atoms with Crippen molar-refractivity contribution in [1.82, 2.24) is 0 Å². The lowest BCUT2D eigenvalue weighted by Gasteiger charge is -2.11. The van der Waals surface area contributed by atoms with Crippen LogP contribution in [-0.4, -0.2) is 19.5 Å². The van der Waals surface area contributed by atoms with Gasteiger partial charge in [-0.25, -0.2) is 0 Å². The molecule has 17 heavy (non-hydrogen) atoms. The third kappa shape index (κ3) is 5.00. The standard InChI is InChI=1S/C14H20O3/c1-3-4-5-14(10-15)17-11-12-6-8-13(16-2)9-7-12/h6-10,14H,3-5,11H2,1-2H3/t14-/m1/s1. The summed E-state index contributed by atoms with van der Waals surface area (Å²) in [7, 11) is 1.64. The first-order chi connectivity index (χ1) is 8.30. The number of unbranched alkanes of at least 4 members (excludes halogenated alkanes) is 1. The Balaban J connectivity index is 2.39. The highest BCUT2D eigenvalue weighted by Gasteiger charge is 2.06. The van der Waals surface area contributed by atoms with E-state index in [1.165, 1.54) is 0 Å². The summed E-state index contributed by atoms with van der Waals surface area (Å²) < 4.78 is 10.6. The first-order valence-corrected chi connectivity index (χ1v) is 6.00. The molecule has 1 rings (SSSR count). The molecule has 0 spiro atoms. The van der Waals surface area contributed by atoms with Crippen molar-refractivity contribution >= 4 is 6.29 Å². The minimum Gasteiger partial charge on any atom is -0.497 e. The highest BCUT2D eigenvalue weighted by atomic mass is 16.5. The Hall–Kier alpha value is -1.35. The maximum Gasteiger partial charge on any atom is 0.148 e. The van der Waals surface area contributed by atoms with E-state index in [1.54, 1.807) is 7.11 Å². The van der Waals surface area contributed by atoms with E-state index in [4.69, 9.17) is 9.47 Å². The summed E-state index contributed by atoms with van der Waals surface area (Å²) in [6.45, 7) is 2.57. The van der Waals surface area contributed by atoms with Crippen LogP contribution in [0.5, 0.6) is 5.75 Å². The van der Waals surface area contributed by atoms with Crippen molar-refractivity contribution in [3.8, 4) is 5.75 Å². The monoisotopic (exact) mass is 236 g/mol. The number of methoxy groups -OCH3 is 1. The van der Waals surface area contributed by atoms with Gasteiger partial charge >= 0.3 is 0 Å². The fourth-order valence-electron chi connectivity index (χ4n) is 1.52. The molecule has 0 N–H and O–H groups in total. The van der Waals surface area contributed by atoms with Crippen molar-refractivity contribution in [3.05, 3.63) is 29.8 Å². The molecule has 1 atom stereocenters. The topological polar surface area (TPSA) is 35.5 Å². The number of rotatable bonds is 8. The summed E-state index contributed by atoms with van der Waals surface area (Å²) in [5.74, 6) is 0.826. The van der Waals surface area contributed by atoms with Gasteiger partial charge in [0.2, 0.25) is 0 Å². The molecule has 0 aromatic heterocycles. The molecule has 0 heterocycles. The maximum atomic E-state index is 10.8. The Morgan fingerprint density at radius 3 is 2.53 bits per heavy atom. The molecule has 3 nitrogen and oxygen atoms in total. The molecule has 0 saturated carbocycles. The average Bonchev–Trinajstić information content (AvgIpc) is 2.39. The Kier molecular flexibility index (Phi) is 6.33. The second-order valence-corrected chi connectivity index (χ2v) is 3.98. The average molecular weight is 236 g/mol. The van der Waals surface area contributed by atoms with E-state index in [1.807, 2.05) is 24.3 Å². The second kappa shape index (κ2) is 7.85. The molecule has 94 valence electrons. The molecule has 0 bridgehead atoms. The summed E-state index contributed by atoms with van der Waals surface area (Å²) in [6.07, 6.45) is 3.51. The van der Waals surface area contributed by atoms with Crippen LogP contribution < -0.4 is 4.74 Å². The largest absolute Gasteiger partial charge is 0.497 e. The first kappa shape index (κ1) is 13.7. The van der Waals surface area contributed by atoms with Gasteiger partial charge in [-0.05, 0) is 24.1 Å². The van der Waals surface area contributed by atoms with Gasteiger partial charge in [0, 0.05) is 0 Å². The van der Waals surface area contributed by atoms with Gasteiger partial charge < -0.3 is 14.3 Å². The molecule has 1 aromatic rings. The molecular formula is C14H20O3. The lowest BCUT2D eigenvalue weighted by Crippen LogP contribution is -2.14. The zero-order chi connectivity index (χ0) is 12.5. The summed E-state index contributed by atoms with van der Waals surface area (Å²) in [5.41, 5.74) is 1.05. The Labute approximate surface area is 103 Å². The Morgan fingerprint density at radius 2 is 2.00 bits per heavy atom. The first-order valence-electron chi connectivity index (χ1n) is 6.00. The van der Waals surface area contributed by atoms with Gasteiger partial charge in [0.15, 0.2) is 0 Å². The normalized spacial score (nSPS) is 12.1. The van der Waals surface area contributed by atoms with Crippen molar-refractivity contribution in [2.24, 2.45) is 0 Å². The number of hydrogen-bond donors (Lipinski definition) is 0. The summed E-state index contributed by atoms with van der Waals surface area (Å²) in [5, 5.41) is 0. The van der Waals surface area contributed by atoms with Gasteiger partial charge in [-0.3, -0.25) is 0 Å². The summed E-state index contributed by atoms with van der Waals surface area (Å²) in [6, 6.07) is 7.67. The van der Waals surface area contributed by atoms with Crippen LogP contribution >= 0.6 is 0 Å². The quantitative estimate of drug-likeness (QED) is 0.651. The van der Waals surface area contributed by atoms with Crippen LogP contribution in [0, 0.1) is 0 Å². The summed E-state index contributed by atoms with van der Waals surface area (Å²) in [4.78, 5) is 10.8. The molecule has 0 aliphatic carbocycles. The van der Waals surface area contributed by atoms with Gasteiger partial charge in [0.1, 0.15) is 18.1 Å². The number of ether oxygens (including phenoxy) is 2. The number of carbonyl (C=O) groups is 1. The van der Waals surface area contributed by atoms with E-state index in [9.17, 15) is 4.79 Å². The Morgan fingerprint density at radius 1 is 1.29 bits per heavy atom. The predicted octanol–water partition coefficient (Wildman–Crippen LogP) is 2.97. The van der Waals surface area contributed by atoms with Crippen LogP contribution in [-0.2, 0) is 16.1 Å². The molecule has 1 aromatic carbocycles. The SMILES string of the molecule is CCCC[C@H](C=O)OCc1ccc(OC)cc1. The molecular weight excluding hydrogens is 216 g/mol. The number of aldehydes is 1. The zero-order valence-electron chi connectivity index (χ0n) is 10.5. The van der Waals surface area contributed by atoms with Crippen LogP contribution in [0.15, 0.2) is 24.3 Å². The van der Waals surface area contributed by atoms with E-state index >= 15 is 0 Å². The van der Waals surface area contributed by atoms with Gasteiger partial charge in [-0.1, -0.05) is 31.9 Å². The second-order valence-electron chi connectivity index (χ2n) is 3.98. The van der Waals surface area contributed by atoms with E-state index < -0.39 is 0 Å². The highest BCUT2D eigenvalue weighted by molar-refractivity contribution is 5.55. The minimum absolute atomic E-state index is 0.281. The molecule has 0 unspecified atom stereocenters. The predicted molar refractivity (Wildman–Crippen MR) is 67.2 cm³/mol. The summed E-state index contributed by atoms with van der Waals surface area (Å²) >= 11 is 0. The fourth-order valence-corrected chi connectivity index (χ4v) is 1.52. The van der Waals surface area contributed by atoms with Crippen LogP contribution in [0.2, 0.25) is 0 Å². The van der Waals surface area contributed by atoms with Crippen molar-refractivity contribution in [2.75, 3.05) is 7.11 Å². The number of hydrogen-bond acceptors (Lipinski definition) is 3. The van der Waals surface area contributed by atoms with Crippen molar-refractivity contribution in [1.29, 1.82) is 0 Å². The molecule has 0 amide bonds. The number of benzene rings is 1. The third-order valence-corrected chi connectivity index (χ3v) is 2.62. The molecule has 0 fully saturated rings. The van der Waals surface area contributed by atoms with Crippen LogP contribution in [0.1, 0.15) is 31.7 Å². The van der Waals surface area contributed by atoms with Gasteiger partial charge in [0.05, 0.1) is 13.7 Å². The van der Waals surface area contributed by atoms with E-state index in [2.05, 4.69) is 6.92 Å².